The summed E-state index contributed by atoms with van der Waals surface area (Å²) in [4.78, 5) is 28.7. The van der Waals surface area contributed by atoms with E-state index in [0.29, 0.717) is 24.3 Å². The van der Waals surface area contributed by atoms with Crippen LogP contribution < -0.4 is 0 Å². The van der Waals surface area contributed by atoms with Crippen molar-refractivity contribution in [3.05, 3.63) is 12.2 Å². The maximum absolute atomic E-state index is 13.5. The molecule has 8 fully saturated rings. The van der Waals surface area contributed by atoms with Gasteiger partial charge in [0.15, 0.2) is 5.78 Å². The number of piperidine rings is 1. The van der Waals surface area contributed by atoms with Gasteiger partial charge in [0, 0.05) is 12.0 Å². The van der Waals surface area contributed by atoms with Crippen molar-refractivity contribution in [3.63, 3.8) is 0 Å². The number of carbonyl (C=O) groups is 2. The molecule has 8 aliphatic rings. The van der Waals surface area contributed by atoms with Crippen LogP contribution in [0.5, 0.6) is 0 Å². The summed E-state index contributed by atoms with van der Waals surface area (Å²) in [6.45, 7) is 6.61. The third kappa shape index (κ3) is 1.53. The Labute approximate surface area is 160 Å². The third-order valence-electron chi connectivity index (χ3n) is 9.78. The first kappa shape index (κ1) is 16.7. The minimum atomic E-state index is -0.400. The monoisotopic (exact) mass is 371 g/mol. The van der Waals surface area contributed by atoms with Gasteiger partial charge in [0.1, 0.15) is 6.23 Å². The first-order valence-electron chi connectivity index (χ1n) is 10.7. The molecule has 8 rings (SSSR count). The maximum Gasteiger partial charge on any atom is 0.230 e. The lowest BCUT2D eigenvalue weighted by Crippen LogP contribution is -2.82. The van der Waals surface area contributed by atoms with Crippen LogP contribution in [0.2, 0.25) is 0 Å². The molecule has 7 bridgehead atoms. The van der Waals surface area contributed by atoms with Crippen molar-refractivity contribution >= 4 is 11.7 Å². The van der Waals surface area contributed by atoms with E-state index in [0.717, 1.165) is 50.5 Å². The SMILES string of the molecule is C=C1C(=O)[C@]23CC[C@H]1C[C@H]2[C@@]12CCC[C@@]4(C)C(=O)N(CCO)[C@@H]1O[C@@H]3C[C@@H]24. The van der Waals surface area contributed by atoms with Crippen LogP contribution in [0.4, 0.5) is 0 Å². The van der Waals surface area contributed by atoms with Crippen LogP contribution in [0, 0.1) is 34.0 Å². The predicted octanol–water partition coefficient (Wildman–Crippen LogP) is 2.28. The van der Waals surface area contributed by atoms with E-state index in [1.54, 1.807) is 0 Å². The minimum absolute atomic E-state index is 0.0404. The van der Waals surface area contributed by atoms with Crippen molar-refractivity contribution in [2.75, 3.05) is 13.2 Å². The van der Waals surface area contributed by atoms with Gasteiger partial charge in [-0.15, -0.1) is 0 Å². The molecule has 0 aromatic rings. The zero-order valence-electron chi connectivity index (χ0n) is 16.1. The summed E-state index contributed by atoms with van der Waals surface area (Å²) in [5.41, 5.74) is -0.0657. The molecule has 5 aliphatic carbocycles. The Morgan fingerprint density at radius 3 is 2.81 bits per heavy atom. The molecule has 146 valence electrons. The standard InChI is InChI=1S/C22H29NO4/c1-12-13-4-7-22(17(12)25)15(10-13)21-6-3-5-20(2)14(21)11-16(22)27-19(21)23(8-9-24)18(20)26/h13-16,19,24H,1,3-11H2,2H3/t13-,14+,15-,16+,19+,20+,21-,22+/m0/s1. The number of rotatable bonds is 2. The molecular formula is C22H29NO4. The van der Waals surface area contributed by atoms with E-state index in [2.05, 4.69) is 13.5 Å². The number of hydrogen-bond donors (Lipinski definition) is 1. The number of fused-ring (bicyclic) bond motifs is 2. The second-order valence-electron chi connectivity index (χ2n) is 10.3. The Morgan fingerprint density at radius 1 is 1.22 bits per heavy atom. The van der Waals surface area contributed by atoms with Gasteiger partial charge in [0.05, 0.1) is 23.5 Å². The molecule has 0 aromatic carbocycles. The Balaban J connectivity index is 1.56. The van der Waals surface area contributed by atoms with Gasteiger partial charge in [-0.05, 0) is 61.9 Å². The number of aliphatic hydroxyl groups excluding tert-OH is 1. The summed E-state index contributed by atoms with van der Waals surface area (Å²) in [5.74, 6) is 1.35. The molecule has 3 aliphatic heterocycles. The van der Waals surface area contributed by atoms with Gasteiger partial charge in [-0.2, -0.15) is 0 Å². The van der Waals surface area contributed by atoms with Crippen molar-refractivity contribution in [1.29, 1.82) is 0 Å². The largest absolute Gasteiger partial charge is 0.395 e. The number of carbonyl (C=O) groups excluding carboxylic acids is 2. The number of amides is 1. The molecule has 0 aromatic heterocycles. The molecule has 0 radical (unpaired) electrons. The van der Waals surface area contributed by atoms with E-state index in [-0.39, 0.29) is 41.5 Å². The van der Waals surface area contributed by atoms with Gasteiger partial charge in [-0.25, -0.2) is 0 Å². The second kappa shape index (κ2) is 4.85. The molecular weight excluding hydrogens is 342 g/mol. The van der Waals surface area contributed by atoms with Crippen LogP contribution in [0.1, 0.15) is 51.9 Å². The topological polar surface area (TPSA) is 66.8 Å². The summed E-state index contributed by atoms with van der Waals surface area (Å²) < 4.78 is 6.65. The number of hydrogen-bond acceptors (Lipinski definition) is 4. The first-order chi connectivity index (χ1) is 12.9. The van der Waals surface area contributed by atoms with E-state index >= 15 is 0 Å². The van der Waals surface area contributed by atoms with E-state index in [1.165, 1.54) is 0 Å². The average molecular weight is 371 g/mol. The zero-order chi connectivity index (χ0) is 18.8. The fourth-order valence-electron chi connectivity index (χ4n) is 8.84. The molecule has 0 unspecified atom stereocenters. The molecule has 5 heteroatoms. The van der Waals surface area contributed by atoms with Crippen molar-refractivity contribution < 1.29 is 19.4 Å². The van der Waals surface area contributed by atoms with Gasteiger partial charge in [0.2, 0.25) is 5.91 Å². The maximum atomic E-state index is 13.5. The second-order valence-corrected chi connectivity index (χ2v) is 10.3. The molecule has 3 saturated heterocycles. The van der Waals surface area contributed by atoms with Crippen LogP contribution in [0.15, 0.2) is 12.2 Å². The minimum Gasteiger partial charge on any atom is -0.395 e. The van der Waals surface area contributed by atoms with E-state index < -0.39 is 5.41 Å². The Hall–Kier alpha value is -1.20. The predicted molar refractivity (Wildman–Crippen MR) is 97.4 cm³/mol. The zero-order valence-corrected chi connectivity index (χ0v) is 16.1. The van der Waals surface area contributed by atoms with Gasteiger partial charge in [0.25, 0.3) is 0 Å². The smallest absolute Gasteiger partial charge is 0.230 e. The highest BCUT2D eigenvalue weighted by atomic mass is 16.5. The Bertz CT molecular complexity index is 778. The lowest BCUT2D eigenvalue weighted by Gasteiger charge is -2.77. The molecule has 27 heavy (non-hydrogen) atoms. The highest BCUT2D eigenvalue weighted by Crippen LogP contribution is 2.77. The lowest BCUT2D eigenvalue weighted by atomic mass is 9.32. The third-order valence-corrected chi connectivity index (χ3v) is 9.78. The van der Waals surface area contributed by atoms with Crippen LogP contribution in [-0.2, 0) is 14.3 Å². The van der Waals surface area contributed by atoms with Gasteiger partial charge in [-0.3, -0.25) is 9.59 Å². The van der Waals surface area contributed by atoms with E-state index in [9.17, 15) is 14.7 Å². The van der Waals surface area contributed by atoms with Crippen LogP contribution >= 0.6 is 0 Å². The molecule has 2 spiro atoms. The number of Topliss-reactive ketones (excluding diaryl/α,β-unsaturated/α-hetero) is 1. The fraction of sp³-hybridized carbons (Fsp3) is 0.818. The summed E-state index contributed by atoms with van der Waals surface area (Å²) in [6, 6.07) is 0. The van der Waals surface area contributed by atoms with Gasteiger partial charge in [-0.1, -0.05) is 19.9 Å². The molecule has 5 nitrogen and oxygen atoms in total. The van der Waals surface area contributed by atoms with Gasteiger partial charge >= 0.3 is 0 Å². The highest BCUT2D eigenvalue weighted by Gasteiger charge is 2.80. The van der Waals surface area contributed by atoms with Crippen molar-refractivity contribution in [2.24, 2.45) is 34.0 Å². The van der Waals surface area contributed by atoms with E-state index in [4.69, 9.17) is 4.74 Å². The fourth-order valence-corrected chi connectivity index (χ4v) is 8.84. The van der Waals surface area contributed by atoms with E-state index in [1.807, 2.05) is 4.90 Å². The van der Waals surface area contributed by atoms with Crippen LogP contribution in [0.3, 0.4) is 0 Å². The number of allylic oxidation sites excluding steroid dienone is 1. The molecule has 3 heterocycles. The van der Waals surface area contributed by atoms with Crippen molar-refractivity contribution in [3.8, 4) is 0 Å². The summed E-state index contributed by atoms with van der Waals surface area (Å²) in [7, 11) is 0. The molecule has 5 saturated carbocycles. The number of ether oxygens (including phenoxy) is 1. The summed E-state index contributed by atoms with van der Waals surface area (Å²) in [6.07, 6.45) is 6.49. The quantitative estimate of drug-likeness (QED) is 0.757. The molecule has 8 atom stereocenters. The normalized spacial score (nSPS) is 55.1. The molecule has 1 amide bonds. The van der Waals surface area contributed by atoms with Crippen molar-refractivity contribution in [2.45, 2.75) is 64.2 Å². The number of β-amino-alcohol motifs (C(OH)–C–C–N with tert-alkyl or cyclic N) is 1. The first-order valence-corrected chi connectivity index (χ1v) is 10.7. The number of nitrogens with zero attached hydrogens (tertiary/aromatic N) is 1. The Morgan fingerprint density at radius 2 is 2.04 bits per heavy atom. The number of aliphatic hydroxyl groups is 1. The number of ketones is 1. The Kier molecular flexibility index (Phi) is 3.01. The molecule has 1 N–H and O–H groups in total. The summed E-state index contributed by atoms with van der Waals surface area (Å²) >= 11 is 0. The summed E-state index contributed by atoms with van der Waals surface area (Å²) in [5, 5.41) is 9.65. The highest BCUT2D eigenvalue weighted by molar-refractivity contribution is 6.02. The average Bonchev–Trinajstić information content (AvgIpc) is 2.68. The lowest BCUT2D eigenvalue weighted by molar-refractivity contribution is -0.369. The van der Waals surface area contributed by atoms with Crippen LogP contribution in [-0.4, -0.2) is 47.2 Å². The van der Waals surface area contributed by atoms with Gasteiger partial charge < -0.3 is 14.7 Å². The van der Waals surface area contributed by atoms with Crippen molar-refractivity contribution in [1.82, 2.24) is 4.90 Å². The number of likely N-dealkylation sites (tertiary alicyclic amines) is 1. The van der Waals surface area contributed by atoms with Crippen LogP contribution in [0.25, 0.3) is 0 Å².